The van der Waals surface area contributed by atoms with Crippen molar-refractivity contribution in [1.29, 1.82) is 0 Å². The van der Waals surface area contributed by atoms with Crippen LogP contribution >= 0.6 is 0 Å². The Labute approximate surface area is 151 Å². The summed E-state index contributed by atoms with van der Waals surface area (Å²) in [4.78, 5) is 33.5. The van der Waals surface area contributed by atoms with Gasteiger partial charge in [-0.2, -0.15) is 0 Å². The fourth-order valence-electron chi connectivity index (χ4n) is 1.69. The van der Waals surface area contributed by atoms with Crippen molar-refractivity contribution in [2.45, 2.75) is 71.8 Å². The highest BCUT2D eigenvalue weighted by Gasteiger charge is 2.17. The number of unbranched alkanes of at least 4 members (excludes halogenated alkanes) is 1. The summed E-state index contributed by atoms with van der Waals surface area (Å²) in [6.07, 6.45) is 12.3. The third-order valence-electron chi connectivity index (χ3n) is 3.08. The predicted molar refractivity (Wildman–Crippen MR) is 101 cm³/mol. The number of hydrogen-bond acceptors (Lipinski definition) is 3. The number of carbonyl (C=O) groups excluding carboxylic acids is 2. The predicted octanol–water partition coefficient (Wildman–Crippen LogP) is 3.65. The van der Waals surface area contributed by atoms with E-state index in [0.717, 1.165) is 24.8 Å². The van der Waals surface area contributed by atoms with Crippen LogP contribution in [0.4, 0.5) is 0 Å². The second-order valence-electron chi connectivity index (χ2n) is 5.75. The van der Waals surface area contributed by atoms with E-state index in [-0.39, 0.29) is 24.5 Å². The summed E-state index contributed by atoms with van der Waals surface area (Å²) in [5.41, 5.74) is 1.09. The lowest BCUT2D eigenvalue weighted by Gasteiger charge is -2.14. The molecule has 0 aliphatic heterocycles. The third-order valence-corrected chi connectivity index (χ3v) is 3.08. The number of allylic oxidation sites excluding steroid dienone is 3. The molecular weight excluding hydrogens is 318 g/mol. The molecule has 0 aliphatic rings. The number of hydrogen-bond donors (Lipinski definition) is 2. The highest BCUT2D eigenvalue weighted by Crippen LogP contribution is 2.03. The first kappa shape index (κ1) is 24.9. The van der Waals surface area contributed by atoms with Gasteiger partial charge in [0.05, 0.1) is 6.04 Å². The molecule has 0 aromatic rings. The first-order valence-electron chi connectivity index (χ1n) is 8.48. The number of ketones is 1. The highest BCUT2D eigenvalue weighted by molar-refractivity contribution is 5.87. The number of nitrogens with one attached hydrogen (secondary N) is 1. The number of carbonyl (C=O) groups is 3. The van der Waals surface area contributed by atoms with Crippen molar-refractivity contribution in [2.24, 2.45) is 0 Å². The van der Waals surface area contributed by atoms with Crippen LogP contribution in [0.25, 0.3) is 0 Å². The fraction of sp³-hybridized carbons (Fsp3) is 0.550. The van der Waals surface area contributed by atoms with Crippen molar-refractivity contribution in [3.05, 3.63) is 24.3 Å². The molecule has 0 bridgehead atoms. The Balaban J connectivity index is 0. The van der Waals surface area contributed by atoms with Crippen molar-refractivity contribution in [3.63, 3.8) is 0 Å². The van der Waals surface area contributed by atoms with Gasteiger partial charge in [-0.15, -0.1) is 12.3 Å². The fourth-order valence-corrected chi connectivity index (χ4v) is 1.69. The minimum Gasteiger partial charge on any atom is -0.481 e. The van der Waals surface area contributed by atoms with E-state index in [1.54, 1.807) is 0 Å². The second-order valence-corrected chi connectivity index (χ2v) is 5.75. The zero-order valence-corrected chi connectivity index (χ0v) is 15.6. The molecule has 25 heavy (non-hydrogen) atoms. The van der Waals surface area contributed by atoms with Crippen LogP contribution in [0.3, 0.4) is 0 Å². The highest BCUT2D eigenvalue weighted by atomic mass is 16.4. The number of Topliss-reactive ketones (excluding diaryl/α,β-unsaturated/α-hetero) is 1. The maximum Gasteiger partial charge on any atom is 0.303 e. The summed E-state index contributed by atoms with van der Waals surface area (Å²) in [6, 6.07) is -0.701. The molecular formula is C20H31NO4. The maximum absolute atomic E-state index is 11.7. The van der Waals surface area contributed by atoms with Gasteiger partial charge < -0.3 is 10.4 Å². The van der Waals surface area contributed by atoms with E-state index in [9.17, 15) is 14.4 Å². The molecule has 1 amide bonds. The lowest BCUT2D eigenvalue weighted by Crippen LogP contribution is -2.40. The Morgan fingerprint density at radius 2 is 1.84 bits per heavy atom. The molecule has 0 aromatic heterocycles. The number of carboxylic acid groups (broad SMARTS) is 1. The molecule has 5 heteroatoms. The minimum absolute atomic E-state index is 0.131. The van der Waals surface area contributed by atoms with E-state index >= 15 is 0 Å². The van der Waals surface area contributed by atoms with E-state index in [0.29, 0.717) is 12.8 Å². The average molecular weight is 349 g/mol. The van der Waals surface area contributed by atoms with Crippen molar-refractivity contribution in [3.8, 4) is 12.3 Å². The molecule has 0 rings (SSSR count). The first-order valence-corrected chi connectivity index (χ1v) is 8.48. The molecule has 2 N–H and O–H groups in total. The molecule has 1 atom stereocenters. The number of carboxylic acids is 1. The van der Waals surface area contributed by atoms with E-state index in [2.05, 4.69) is 17.8 Å². The number of aliphatic carboxylic acids is 1. The van der Waals surface area contributed by atoms with Crippen molar-refractivity contribution < 1.29 is 19.5 Å². The quantitative estimate of drug-likeness (QED) is 0.339. The zero-order chi connectivity index (χ0) is 19.7. The van der Waals surface area contributed by atoms with Crippen LogP contribution in [0.15, 0.2) is 24.3 Å². The minimum atomic E-state index is -0.974. The Hall–Kier alpha value is -2.35. The third kappa shape index (κ3) is 19.6. The van der Waals surface area contributed by atoms with Gasteiger partial charge in [-0.25, -0.2) is 0 Å². The summed E-state index contributed by atoms with van der Waals surface area (Å²) in [5.74, 6) is 1.03. The molecule has 0 heterocycles. The zero-order valence-electron chi connectivity index (χ0n) is 15.6. The van der Waals surface area contributed by atoms with Gasteiger partial charge >= 0.3 is 5.97 Å². The van der Waals surface area contributed by atoms with Crippen molar-refractivity contribution in [1.82, 2.24) is 5.32 Å². The van der Waals surface area contributed by atoms with Crippen LogP contribution in [0, 0.1) is 12.3 Å². The monoisotopic (exact) mass is 349 g/mol. The normalized spacial score (nSPS) is 11.0. The van der Waals surface area contributed by atoms with E-state index in [4.69, 9.17) is 11.5 Å². The van der Waals surface area contributed by atoms with Crippen molar-refractivity contribution in [2.75, 3.05) is 0 Å². The van der Waals surface area contributed by atoms with Crippen LogP contribution < -0.4 is 5.32 Å². The van der Waals surface area contributed by atoms with Crippen molar-refractivity contribution >= 4 is 17.7 Å². The molecule has 0 aromatic carbocycles. The molecule has 0 fully saturated rings. The van der Waals surface area contributed by atoms with Crippen LogP contribution in [0.2, 0.25) is 0 Å². The number of amides is 1. The molecule has 1 unspecified atom stereocenters. The molecule has 0 saturated heterocycles. The molecule has 140 valence electrons. The lowest BCUT2D eigenvalue weighted by atomic mass is 10.1. The largest absolute Gasteiger partial charge is 0.481 e. The van der Waals surface area contributed by atoms with Gasteiger partial charge in [0, 0.05) is 19.3 Å². The maximum atomic E-state index is 11.7. The Morgan fingerprint density at radius 3 is 2.28 bits per heavy atom. The molecule has 0 radical (unpaired) electrons. The van der Waals surface area contributed by atoms with E-state index in [1.807, 2.05) is 26.0 Å². The van der Waals surface area contributed by atoms with Gasteiger partial charge in [0.25, 0.3) is 0 Å². The van der Waals surface area contributed by atoms with Gasteiger partial charge in [-0.05, 0) is 39.5 Å². The summed E-state index contributed by atoms with van der Waals surface area (Å²) in [7, 11) is 0. The smallest absolute Gasteiger partial charge is 0.303 e. The first-order chi connectivity index (χ1) is 11.7. The molecule has 0 aliphatic carbocycles. The van der Waals surface area contributed by atoms with Crippen LogP contribution in [-0.4, -0.2) is 28.8 Å². The second kappa shape index (κ2) is 16.5. The topological polar surface area (TPSA) is 83.5 Å². The van der Waals surface area contributed by atoms with Gasteiger partial charge in [0.15, 0.2) is 5.78 Å². The summed E-state index contributed by atoms with van der Waals surface area (Å²) in [5, 5.41) is 11.2. The standard InChI is InChI=1S/C16H25NO4.C4H6/c1-12(2)8-6-4-5-7-9-15(19)17-14(13(3)18)10-11-16(20)21;1-3-4-2/h4,6,14H,1,5,7-11H2,2-3H3,(H,17,19)(H,20,21);1H,4H2,2H3/b6-4+;. The Morgan fingerprint density at radius 1 is 1.24 bits per heavy atom. The Kier molecular flexibility index (Phi) is 16.4. The van der Waals surface area contributed by atoms with E-state index < -0.39 is 12.0 Å². The van der Waals surface area contributed by atoms with Gasteiger partial charge in [-0.1, -0.05) is 31.2 Å². The SMILES string of the molecule is C#CCC.C=C(C)C/C=C/CCCC(=O)NC(CCC(=O)O)C(C)=O. The van der Waals surface area contributed by atoms with Gasteiger partial charge in [0.2, 0.25) is 5.91 Å². The van der Waals surface area contributed by atoms with Gasteiger partial charge in [0.1, 0.15) is 0 Å². The lowest BCUT2D eigenvalue weighted by molar-refractivity contribution is -0.137. The van der Waals surface area contributed by atoms with Crippen LogP contribution in [0.5, 0.6) is 0 Å². The molecule has 5 nitrogen and oxygen atoms in total. The average Bonchev–Trinajstić information content (AvgIpc) is 2.54. The molecule has 0 spiro atoms. The van der Waals surface area contributed by atoms with E-state index in [1.165, 1.54) is 6.92 Å². The molecule has 0 saturated carbocycles. The number of terminal acetylenes is 1. The summed E-state index contributed by atoms with van der Waals surface area (Å²) < 4.78 is 0. The summed E-state index contributed by atoms with van der Waals surface area (Å²) >= 11 is 0. The summed E-state index contributed by atoms with van der Waals surface area (Å²) in [6.45, 7) is 9.04. The number of rotatable bonds is 11. The van der Waals surface area contributed by atoms with Crippen LogP contribution in [-0.2, 0) is 14.4 Å². The van der Waals surface area contributed by atoms with Crippen LogP contribution in [0.1, 0.15) is 65.7 Å². The van der Waals surface area contributed by atoms with Gasteiger partial charge in [-0.3, -0.25) is 14.4 Å². The Bertz CT molecular complexity index is 500.